The molecular weight excluding hydrogens is 238 g/mol. The molecule has 0 spiro atoms. The van der Waals surface area contributed by atoms with Gasteiger partial charge in [0.1, 0.15) is 6.04 Å². The lowest BCUT2D eigenvalue weighted by molar-refractivity contribution is -0.151. The highest BCUT2D eigenvalue weighted by atomic mass is 16.4. The van der Waals surface area contributed by atoms with Crippen molar-refractivity contribution < 1.29 is 9.90 Å². The van der Waals surface area contributed by atoms with Crippen LogP contribution in [-0.2, 0) is 11.3 Å². The van der Waals surface area contributed by atoms with Crippen molar-refractivity contribution in [1.29, 1.82) is 0 Å². The van der Waals surface area contributed by atoms with E-state index >= 15 is 0 Å². The predicted molar refractivity (Wildman–Crippen MR) is 76.0 cm³/mol. The maximum Gasteiger partial charge on any atom is 0.321 e. The number of likely N-dealkylation sites (tertiary alicyclic amines) is 1. The van der Waals surface area contributed by atoms with E-state index in [2.05, 4.69) is 49.9 Å². The number of hydrogen-bond donors (Lipinski definition) is 1. The first-order valence-corrected chi connectivity index (χ1v) is 6.92. The molecule has 1 aliphatic heterocycles. The van der Waals surface area contributed by atoms with E-state index in [4.69, 9.17) is 0 Å². The lowest BCUT2D eigenvalue weighted by atomic mass is 9.76. The molecule has 0 saturated carbocycles. The summed E-state index contributed by atoms with van der Waals surface area (Å²) in [5.41, 5.74) is 2.27. The van der Waals surface area contributed by atoms with Crippen LogP contribution in [0.3, 0.4) is 0 Å². The average molecular weight is 261 g/mol. The number of piperidine rings is 1. The molecule has 104 valence electrons. The van der Waals surface area contributed by atoms with Crippen LogP contribution in [0.4, 0.5) is 0 Å². The Morgan fingerprint density at radius 3 is 2.58 bits per heavy atom. The molecule has 1 aliphatic rings. The van der Waals surface area contributed by atoms with Crippen LogP contribution in [0.1, 0.15) is 37.8 Å². The van der Waals surface area contributed by atoms with Crippen molar-refractivity contribution in [2.24, 2.45) is 5.41 Å². The zero-order valence-electron chi connectivity index (χ0n) is 12.0. The summed E-state index contributed by atoms with van der Waals surface area (Å²) in [6.07, 6.45) is 2.05. The molecule has 2 rings (SSSR count). The quantitative estimate of drug-likeness (QED) is 0.909. The highest BCUT2D eigenvalue weighted by molar-refractivity contribution is 5.74. The lowest BCUT2D eigenvalue weighted by Crippen LogP contribution is -2.53. The predicted octanol–water partition coefficient (Wildman–Crippen LogP) is 3.07. The minimum absolute atomic E-state index is 0.158. The number of carbonyl (C=O) groups is 1. The van der Waals surface area contributed by atoms with Gasteiger partial charge in [0.25, 0.3) is 0 Å². The van der Waals surface area contributed by atoms with Gasteiger partial charge < -0.3 is 5.11 Å². The molecule has 0 radical (unpaired) electrons. The normalized spacial score (nSPS) is 23.2. The Labute approximate surface area is 115 Å². The van der Waals surface area contributed by atoms with E-state index < -0.39 is 5.97 Å². The third-order valence-electron chi connectivity index (χ3n) is 4.11. The first kappa shape index (κ1) is 14.1. The van der Waals surface area contributed by atoms with E-state index in [1.54, 1.807) is 0 Å². The summed E-state index contributed by atoms with van der Waals surface area (Å²) in [7, 11) is 0. The van der Waals surface area contributed by atoms with Gasteiger partial charge in [0, 0.05) is 6.54 Å². The van der Waals surface area contributed by atoms with Crippen LogP contribution in [0.5, 0.6) is 0 Å². The van der Waals surface area contributed by atoms with Crippen molar-refractivity contribution >= 4 is 5.97 Å². The minimum Gasteiger partial charge on any atom is -0.480 e. The average Bonchev–Trinajstić information content (AvgIpc) is 2.30. The van der Waals surface area contributed by atoms with E-state index in [0.717, 1.165) is 25.9 Å². The van der Waals surface area contributed by atoms with Crippen molar-refractivity contribution in [3.63, 3.8) is 0 Å². The summed E-state index contributed by atoms with van der Waals surface area (Å²) in [4.78, 5) is 13.7. The molecule has 0 bridgehead atoms. The first-order valence-electron chi connectivity index (χ1n) is 6.92. The summed E-state index contributed by atoms with van der Waals surface area (Å²) in [6.45, 7) is 7.78. The molecule has 0 aromatic heterocycles. The first-order chi connectivity index (χ1) is 8.90. The largest absolute Gasteiger partial charge is 0.480 e. The fourth-order valence-corrected chi connectivity index (χ4v) is 3.09. The van der Waals surface area contributed by atoms with E-state index in [0.29, 0.717) is 0 Å². The summed E-state index contributed by atoms with van der Waals surface area (Å²) in [6, 6.07) is 7.97. The fraction of sp³-hybridized carbons (Fsp3) is 0.562. The van der Waals surface area contributed by atoms with Crippen molar-refractivity contribution in [1.82, 2.24) is 4.90 Å². The number of benzene rings is 1. The minimum atomic E-state index is -0.697. The number of aliphatic carboxylic acids is 1. The smallest absolute Gasteiger partial charge is 0.321 e. The van der Waals surface area contributed by atoms with Gasteiger partial charge in [-0.15, -0.1) is 0 Å². The molecular formula is C16H23NO2. The molecule has 0 amide bonds. The molecule has 19 heavy (non-hydrogen) atoms. The molecule has 1 atom stereocenters. The summed E-state index contributed by atoms with van der Waals surface area (Å²) in [5.74, 6) is -0.697. The van der Waals surface area contributed by atoms with Gasteiger partial charge in [-0.25, -0.2) is 0 Å². The van der Waals surface area contributed by atoms with Crippen LogP contribution in [0, 0.1) is 12.3 Å². The molecule has 1 fully saturated rings. The second kappa shape index (κ2) is 5.33. The van der Waals surface area contributed by atoms with Crippen molar-refractivity contribution in [3.8, 4) is 0 Å². The van der Waals surface area contributed by atoms with Gasteiger partial charge in [0.05, 0.1) is 0 Å². The summed E-state index contributed by atoms with van der Waals surface area (Å²) in [5, 5.41) is 9.52. The van der Waals surface area contributed by atoms with Crippen molar-refractivity contribution in [3.05, 3.63) is 35.4 Å². The Bertz CT molecular complexity index is 450. The topological polar surface area (TPSA) is 40.5 Å². The molecule has 0 aliphatic carbocycles. The monoisotopic (exact) mass is 261 g/mol. The van der Waals surface area contributed by atoms with E-state index in [1.165, 1.54) is 11.1 Å². The van der Waals surface area contributed by atoms with Crippen molar-refractivity contribution in [2.75, 3.05) is 6.54 Å². The van der Waals surface area contributed by atoms with Crippen molar-refractivity contribution in [2.45, 2.75) is 46.2 Å². The molecule has 1 aromatic rings. The van der Waals surface area contributed by atoms with Crippen LogP contribution < -0.4 is 0 Å². The van der Waals surface area contributed by atoms with E-state index in [1.807, 2.05) is 0 Å². The zero-order chi connectivity index (χ0) is 14.0. The van der Waals surface area contributed by atoms with Gasteiger partial charge in [-0.05, 0) is 37.3 Å². The molecule has 1 aromatic carbocycles. The van der Waals surface area contributed by atoms with E-state index in [9.17, 15) is 9.90 Å². The van der Waals surface area contributed by atoms with Gasteiger partial charge in [-0.3, -0.25) is 9.69 Å². The third kappa shape index (κ3) is 3.16. The Morgan fingerprint density at radius 2 is 2.00 bits per heavy atom. The molecule has 1 N–H and O–H groups in total. The maximum atomic E-state index is 11.6. The Morgan fingerprint density at radius 1 is 1.37 bits per heavy atom. The Hall–Kier alpha value is -1.35. The molecule has 1 unspecified atom stereocenters. The molecule has 1 heterocycles. The number of nitrogens with zero attached hydrogens (tertiary/aromatic N) is 1. The number of carboxylic acids is 1. The lowest BCUT2D eigenvalue weighted by Gasteiger charge is -2.44. The molecule has 1 saturated heterocycles. The molecule has 3 heteroatoms. The third-order valence-corrected chi connectivity index (χ3v) is 4.11. The zero-order valence-corrected chi connectivity index (χ0v) is 12.0. The Balaban J connectivity index is 2.17. The van der Waals surface area contributed by atoms with Crippen LogP contribution >= 0.6 is 0 Å². The van der Waals surface area contributed by atoms with E-state index in [-0.39, 0.29) is 11.5 Å². The number of rotatable bonds is 3. The van der Waals surface area contributed by atoms with Crippen LogP contribution in [0.2, 0.25) is 0 Å². The number of aryl methyl sites for hydroxylation is 1. The van der Waals surface area contributed by atoms with Gasteiger partial charge in [0.15, 0.2) is 0 Å². The van der Waals surface area contributed by atoms with Gasteiger partial charge in [0.2, 0.25) is 0 Å². The highest BCUT2D eigenvalue weighted by Crippen LogP contribution is 2.36. The number of hydrogen-bond acceptors (Lipinski definition) is 2. The van der Waals surface area contributed by atoms with Gasteiger partial charge in [-0.1, -0.05) is 43.7 Å². The van der Waals surface area contributed by atoms with Gasteiger partial charge in [-0.2, -0.15) is 0 Å². The van der Waals surface area contributed by atoms with Gasteiger partial charge >= 0.3 is 5.97 Å². The SMILES string of the molecule is Cc1ccc(CN2CCCC(C)(C)C2C(=O)O)cc1. The Kier molecular flexibility index (Phi) is 3.95. The fourth-order valence-electron chi connectivity index (χ4n) is 3.09. The second-order valence-corrected chi connectivity index (χ2v) is 6.29. The maximum absolute atomic E-state index is 11.6. The van der Waals surface area contributed by atoms with Crippen LogP contribution in [0.25, 0.3) is 0 Å². The second-order valence-electron chi connectivity index (χ2n) is 6.29. The van der Waals surface area contributed by atoms with Crippen LogP contribution in [-0.4, -0.2) is 28.6 Å². The molecule has 3 nitrogen and oxygen atoms in total. The standard InChI is InChI=1S/C16H23NO2/c1-12-5-7-13(8-6-12)11-17-10-4-9-16(2,3)14(17)15(18)19/h5-8,14H,4,9-11H2,1-3H3,(H,18,19). The summed E-state index contributed by atoms with van der Waals surface area (Å²) >= 11 is 0. The number of carboxylic acid groups (broad SMARTS) is 1. The highest BCUT2D eigenvalue weighted by Gasteiger charge is 2.42. The van der Waals surface area contributed by atoms with Crippen LogP contribution in [0.15, 0.2) is 24.3 Å². The summed E-state index contributed by atoms with van der Waals surface area (Å²) < 4.78 is 0.